The predicted molar refractivity (Wildman–Crippen MR) is 110 cm³/mol. The molecular formula is C20H24ClNO5S. The third kappa shape index (κ3) is 6.73. The molecule has 1 N–H and O–H groups in total. The van der Waals surface area contributed by atoms with Crippen LogP contribution in [0.25, 0.3) is 0 Å². The van der Waals surface area contributed by atoms with Crippen molar-refractivity contribution in [3.63, 3.8) is 0 Å². The van der Waals surface area contributed by atoms with Crippen LogP contribution in [0, 0.1) is 0 Å². The molecular weight excluding hydrogens is 402 g/mol. The fourth-order valence-corrected chi connectivity index (χ4v) is 3.31. The van der Waals surface area contributed by atoms with Gasteiger partial charge in [0, 0.05) is 11.4 Å². The van der Waals surface area contributed by atoms with Gasteiger partial charge in [0.2, 0.25) is 0 Å². The molecule has 0 spiro atoms. The molecule has 0 saturated heterocycles. The van der Waals surface area contributed by atoms with Gasteiger partial charge in [-0.3, -0.25) is 4.79 Å². The highest BCUT2D eigenvalue weighted by Gasteiger charge is 2.18. The van der Waals surface area contributed by atoms with Crippen LogP contribution in [0.3, 0.4) is 0 Å². The summed E-state index contributed by atoms with van der Waals surface area (Å²) in [7, 11) is 0. The Morgan fingerprint density at radius 3 is 2.71 bits per heavy atom. The minimum atomic E-state index is -0.654. The lowest BCUT2D eigenvalue weighted by Crippen LogP contribution is -2.30. The van der Waals surface area contributed by atoms with E-state index in [1.807, 2.05) is 31.4 Å². The summed E-state index contributed by atoms with van der Waals surface area (Å²) >= 11 is 7.87. The highest BCUT2D eigenvalue weighted by Crippen LogP contribution is 2.37. The van der Waals surface area contributed by atoms with Gasteiger partial charge < -0.3 is 19.5 Å². The van der Waals surface area contributed by atoms with E-state index in [4.69, 9.17) is 25.8 Å². The van der Waals surface area contributed by atoms with E-state index in [-0.39, 0.29) is 23.1 Å². The van der Waals surface area contributed by atoms with Crippen LogP contribution in [0.5, 0.6) is 11.5 Å². The molecule has 0 bridgehead atoms. The fraction of sp³-hybridized carbons (Fsp3) is 0.400. The molecule has 1 aromatic heterocycles. The number of ether oxygens (including phenoxy) is 3. The number of esters is 1. The number of amides is 1. The van der Waals surface area contributed by atoms with Crippen LogP contribution in [0.4, 0.5) is 0 Å². The first kappa shape index (κ1) is 22.0. The monoisotopic (exact) mass is 425 g/mol. The summed E-state index contributed by atoms with van der Waals surface area (Å²) in [6, 6.07) is 6.93. The molecule has 0 aliphatic heterocycles. The molecule has 6 nitrogen and oxygen atoms in total. The molecule has 1 amide bonds. The zero-order chi connectivity index (χ0) is 20.4. The second-order valence-electron chi connectivity index (χ2n) is 5.82. The number of halogens is 1. The van der Waals surface area contributed by atoms with Gasteiger partial charge in [-0.2, -0.15) is 0 Å². The van der Waals surface area contributed by atoms with Crippen LogP contribution >= 0.6 is 22.9 Å². The van der Waals surface area contributed by atoms with E-state index in [2.05, 4.69) is 5.32 Å². The van der Waals surface area contributed by atoms with Crippen LogP contribution in [0.2, 0.25) is 5.02 Å². The van der Waals surface area contributed by atoms with E-state index in [1.54, 1.807) is 11.3 Å². The van der Waals surface area contributed by atoms with E-state index >= 15 is 0 Å². The maximum atomic E-state index is 12.3. The molecule has 28 heavy (non-hydrogen) atoms. The topological polar surface area (TPSA) is 73.9 Å². The number of hydrogen-bond donors (Lipinski definition) is 1. The molecule has 8 heteroatoms. The standard InChI is InChI=1S/C20H24ClNO5S/c1-3-9-26-19-16(21)11-14(12-17(19)25-4-2)20(24)27-13-18(23)22-8-7-15-6-5-10-28-15/h5-6,10-12H,3-4,7-9,13H2,1-2H3,(H,22,23). The number of nitrogens with one attached hydrogen (secondary N) is 1. The van der Waals surface area contributed by atoms with Crippen molar-refractivity contribution in [2.75, 3.05) is 26.4 Å². The van der Waals surface area contributed by atoms with Crippen molar-refractivity contribution in [2.45, 2.75) is 26.7 Å². The Kier molecular flexibility index (Phi) is 9.10. The second kappa shape index (κ2) is 11.6. The molecule has 1 aromatic carbocycles. The SMILES string of the molecule is CCCOc1c(Cl)cc(C(=O)OCC(=O)NCCc2cccs2)cc1OCC. The van der Waals surface area contributed by atoms with E-state index in [9.17, 15) is 9.59 Å². The predicted octanol–water partition coefficient (Wildman–Crippen LogP) is 4.10. The largest absolute Gasteiger partial charge is 0.490 e. The van der Waals surface area contributed by atoms with Crippen molar-refractivity contribution in [1.82, 2.24) is 5.32 Å². The molecule has 1 heterocycles. The minimum absolute atomic E-state index is 0.198. The number of carbonyl (C=O) groups excluding carboxylic acids is 2. The van der Waals surface area contributed by atoms with Crippen LogP contribution in [0.1, 0.15) is 35.5 Å². The molecule has 0 radical (unpaired) electrons. The Balaban J connectivity index is 1.90. The maximum absolute atomic E-state index is 12.3. The van der Waals surface area contributed by atoms with Crippen molar-refractivity contribution in [1.29, 1.82) is 0 Å². The summed E-state index contributed by atoms with van der Waals surface area (Å²) in [5.41, 5.74) is 0.198. The number of hydrogen-bond acceptors (Lipinski definition) is 6. The van der Waals surface area contributed by atoms with Gasteiger partial charge in [0.05, 0.1) is 23.8 Å². The molecule has 0 aliphatic rings. The zero-order valence-corrected chi connectivity index (χ0v) is 17.5. The number of rotatable bonds is 11. The molecule has 2 rings (SSSR count). The zero-order valence-electron chi connectivity index (χ0n) is 16.0. The first-order valence-corrected chi connectivity index (χ1v) is 10.4. The number of benzene rings is 1. The minimum Gasteiger partial charge on any atom is -0.490 e. The summed E-state index contributed by atoms with van der Waals surface area (Å²) in [6.45, 7) is 4.80. The highest BCUT2D eigenvalue weighted by atomic mass is 35.5. The molecule has 0 fully saturated rings. The van der Waals surface area contributed by atoms with Crippen molar-refractivity contribution in [2.24, 2.45) is 0 Å². The summed E-state index contributed by atoms with van der Waals surface area (Å²) in [5.74, 6) is -0.244. The molecule has 2 aromatic rings. The molecule has 0 aliphatic carbocycles. The third-order valence-corrected chi connectivity index (χ3v) is 4.82. The first-order chi connectivity index (χ1) is 13.5. The van der Waals surface area contributed by atoms with Crippen molar-refractivity contribution in [3.05, 3.63) is 45.1 Å². The molecule has 152 valence electrons. The smallest absolute Gasteiger partial charge is 0.338 e. The Morgan fingerprint density at radius 1 is 1.21 bits per heavy atom. The van der Waals surface area contributed by atoms with Crippen LogP contribution in [-0.2, 0) is 16.0 Å². The lowest BCUT2D eigenvalue weighted by Gasteiger charge is -2.14. The van der Waals surface area contributed by atoms with Gasteiger partial charge in [-0.1, -0.05) is 24.6 Å². The van der Waals surface area contributed by atoms with E-state index in [1.165, 1.54) is 17.0 Å². The average Bonchev–Trinajstić information content (AvgIpc) is 3.19. The van der Waals surface area contributed by atoms with Gasteiger partial charge in [-0.15, -0.1) is 11.3 Å². The Morgan fingerprint density at radius 2 is 2.04 bits per heavy atom. The maximum Gasteiger partial charge on any atom is 0.338 e. The summed E-state index contributed by atoms with van der Waals surface area (Å²) in [4.78, 5) is 25.3. The second-order valence-corrected chi connectivity index (χ2v) is 7.26. The summed E-state index contributed by atoms with van der Waals surface area (Å²) < 4.78 is 16.2. The Hall–Kier alpha value is -2.25. The van der Waals surface area contributed by atoms with Crippen molar-refractivity contribution < 1.29 is 23.8 Å². The van der Waals surface area contributed by atoms with Gasteiger partial charge >= 0.3 is 5.97 Å². The Bertz CT molecular complexity index is 779. The first-order valence-electron chi connectivity index (χ1n) is 9.10. The fourth-order valence-electron chi connectivity index (χ4n) is 2.34. The molecule has 0 atom stereocenters. The number of carbonyl (C=O) groups is 2. The van der Waals surface area contributed by atoms with Crippen LogP contribution in [0.15, 0.2) is 29.6 Å². The van der Waals surface area contributed by atoms with E-state index in [0.29, 0.717) is 31.3 Å². The lowest BCUT2D eigenvalue weighted by molar-refractivity contribution is -0.124. The van der Waals surface area contributed by atoms with E-state index in [0.717, 1.165) is 12.8 Å². The third-order valence-electron chi connectivity index (χ3n) is 3.60. The van der Waals surface area contributed by atoms with Crippen molar-refractivity contribution in [3.8, 4) is 11.5 Å². The van der Waals surface area contributed by atoms with E-state index < -0.39 is 5.97 Å². The lowest BCUT2D eigenvalue weighted by atomic mass is 10.2. The van der Waals surface area contributed by atoms with Gasteiger partial charge in [0.15, 0.2) is 18.1 Å². The summed E-state index contributed by atoms with van der Waals surface area (Å²) in [5, 5.41) is 4.96. The van der Waals surface area contributed by atoms with Crippen LogP contribution in [-0.4, -0.2) is 38.2 Å². The normalized spacial score (nSPS) is 10.4. The van der Waals surface area contributed by atoms with Gasteiger partial charge in [0.1, 0.15) is 0 Å². The van der Waals surface area contributed by atoms with Gasteiger partial charge in [-0.25, -0.2) is 4.79 Å². The molecule has 0 unspecified atom stereocenters. The quantitative estimate of drug-likeness (QED) is 0.548. The van der Waals surface area contributed by atoms with Gasteiger partial charge in [0.25, 0.3) is 5.91 Å². The highest BCUT2D eigenvalue weighted by molar-refractivity contribution is 7.09. The van der Waals surface area contributed by atoms with Crippen molar-refractivity contribution >= 4 is 34.8 Å². The van der Waals surface area contributed by atoms with Crippen LogP contribution < -0.4 is 14.8 Å². The Labute approximate surface area is 173 Å². The average molecular weight is 426 g/mol. The number of thiophene rings is 1. The summed E-state index contributed by atoms with van der Waals surface area (Å²) in [6.07, 6.45) is 1.55. The van der Waals surface area contributed by atoms with Gasteiger partial charge in [-0.05, 0) is 43.3 Å². The molecule has 0 saturated carbocycles.